The molecular formula is C13H14FN3O2. The highest BCUT2D eigenvalue weighted by atomic mass is 19.1. The molecule has 2 rings (SSSR count). The maximum absolute atomic E-state index is 13.2. The fourth-order valence-corrected chi connectivity index (χ4v) is 1.51. The van der Waals surface area contributed by atoms with E-state index in [0.717, 1.165) is 0 Å². The van der Waals surface area contributed by atoms with Crippen molar-refractivity contribution in [1.29, 1.82) is 0 Å². The van der Waals surface area contributed by atoms with Gasteiger partial charge in [-0.05, 0) is 18.6 Å². The lowest BCUT2D eigenvalue weighted by Gasteiger charge is -2.06. The van der Waals surface area contributed by atoms with Gasteiger partial charge in [0.1, 0.15) is 5.82 Å². The summed E-state index contributed by atoms with van der Waals surface area (Å²) in [6.45, 7) is 0.289. The number of aromatic amines is 1. The number of nitrogens with one attached hydrogen (secondary N) is 2. The Morgan fingerprint density at radius 1 is 1.37 bits per heavy atom. The van der Waals surface area contributed by atoms with E-state index < -0.39 is 5.82 Å². The molecule has 19 heavy (non-hydrogen) atoms. The van der Waals surface area contributed by atoms with Crippen LogP contribution in [0.4, 0.5) is 10.2 Å². The number of para-hydroxylation sites is 1. The third kappa shape index (κ3) is 4.09. The van der Waals surface area contributed by atoms with Gasteiger partial charge in [0.05, 0.1) is 12.8 Å². The van der Waals surface area contributed by atoms with Gasteiger partial charge in [0, 0.05) is 12.5 Å². The molecule has 0 aliphatic heterocycles. The molecule has 0 radical (unpaired) electrons. The minimum atomic E-state index is -0.399. The highest BCUT2D eigenvalue weighted by Gasteiger charge is 2.04. The number of H-pyrrole nitrogens is 1. The van der Waals surface area contributed by atoms with E-state index in [1.807, 2.05) is 0 Å². The maximum Gasteiger partial charge on any atom is 0.225 e. The smallest absolute Gasteiger partial charge is 0.225 e. The molecule has 1 aromatic heterocycles. The van der Waals surface area contributed by atoms with Crippen LogP contribution in [0.25, 0.3) is 0 Å². The zero-order chi connectivity index (χ0) is 13.5. The molecule has 1 aromatic carbocycles. The molecule has 1 heterocycles. The molecule has 0 saturated carbocycles. The molecule has 5 nitrogen and oxygen atoms in total. The summed E-state index contributed by atoms with van der Waals surface area (Å²) in [5.74, 6) is 0.224. The summed E-state index contributed by atoms with van der Waals surface area (Å²) in [7, 11) is 0. The zero-order valence-corrected chi connectivity index (χ0v) is 10.2. The molecule has 100 valence electrons. The molecule has 0 bridgehead atoms. The third-order valence-corrected chi connectivity index (χ3v) is 2.42. The molecule has 0 spiro atoms. The van der Waals surface area contributed by atoms with Crippen LogP contribution < -0.4 is 10.1 Å². The Hall–Kier alpha value is -2.37. The normalized spacial score (nSPS) is 10.2. The number of nitrogens with zero attached hydrogens (tertiary/aromatic N) is 1. The molecule has 0 saturated heterocycles. The van der Waals surface area contributed by atoms with Gasteiger partial charge >= 0.3 is 0 Å². The highest BCUT2D eigenvalue weighted by Crippen LogP contribution is 2.15. The molecule has 1 amide bonds. The number of aromatic nitrogens is 2. The fraction of sp³-hybridized carbons (Fsp3) is 0.231. The first-order valence-electron chi connectivity index (χ1n) is 5.92. The van der Waals surface area contributed by atoms with E-state index in [2.05, 4.69) is 15.5 Å². The van der Waals surface area contributed by atoms with E-state index in [4.69, 9.17) is 4.74 Å². The van der Waals surface area contributed by atoms with Crippen LogP contribution in [0, 0.1) is 5.82 Å². The van der Waals surface area contributed by atoms with Gasteiger partial charge in [-0.25, -0.2) is 4.39 Å². The van der Waals surface area contributed by atoms with Crippen LogP contribution in [0.1, 0.15) is 12.8 Å². The summed E-state index contributed by atoms with van der Waals surface area (Å²) in [6.07, 6.45) is 2.36. The number of ether oxygens (including phenoxy) is 1. The Kier molecular flexibility index (Phi) is 4.49. The number of hydrogen-bond donors (Lipinski definition) is 2. The number of carbonyl (C=O) groups is 1. The SMILES string of the molecule is O=C(CCCOc1ccccc1F)Nc1ccn[nH]1. The Bertz CT molecular complexity index is 528. The van der Waals surface area contributed by atoms with E-state index in [1.54, 1.807) is 30.5 Å². The Balaban J connectivity index is 1.67. The predicted molar refractivity (Wildman–Crippen MR) is 68.3 cm³/mol. The van der Waals surface area contributed by atoms with Crippen molar-refractivity contribution in [2.45, 2.75) is 12.8 Å². The second kappa shape index (κ2) is 6.53. The van der Waals surface area contributed by atoms with Crippen LogP contribution in [-0.4, -0.2) is 22.7 Å². The lowest BCUT2D eigenvalue weighted by atomic mass is 10.3. The van der Waals surface area contributed by atoms with Crippen LogP contribution >= 0.6 is 0 Å². The first-order chi connectivity index (χ1) is 9.25. The van der Waals surface area contributed by atoms with Crippen LogP contribution in [0.5, 0.6) is 5.75 Å². The van der Waals surface area contributed by atoms with Gasteiger partial charge in [0.2, 0.25) is 5.91 Å². The summed E-state index contributed by atoms with van der Waals surface area (Å²) < 4.78 is 18.5. The first kappa shape index (κ1) is 13.1. The van der Waals surface area contributed by atoms with Crippen LogP contribution in [-0.2, 0) is 4.79 Å². The summed E-state index contributed by atoms with van der Waals surface area (Å²) >= 11 is 0. The summed E-state index contributed by atoms with van der Waals surface area (Å²) in [4.78, 5) is 11.5. The number of carbonyl (C=O) groups excluding carboxylic acids is 1. The van der Waals surface area contributed by atoms with Crippen molar-refractivity contribution in [3.8, 4) is 5.75 Å². The van der Waals surface area contributed by atoms with Crippen molar-refractivity contribution in [1.82, 2.24) is 10.2 Å². The lowest BCUT2D eigenvalue weighted by molar-refractivity contribution is -0.116. The number of anilines is 1. The summed E-state index contributed by atoms with van der Waals surface area (Å²) in [6, 6.07) is 7.84. The number of halogens is 1. The number of hydrogen-bond acceptors (Lipinski definition) is 3. The first-order valence-corrected chi connectivity index (χ1v) is 5.92. The molecule has 2 aromatic rings. The molecule has 0 fully saturated rings. The van der Waals surface area contributed by atoms with Crippen molar-refractivity contribution in [3.05, 3.63) is 42.3 Å². The molecule has 0 atom stereocenters. The molecule has 0 unspecified atom stereocenters. The summed E-state index contributed by atoms with van der Waals surface area (Å²) in [5.41, 5.74) is 0. The molecule has 6 heteroatoms. The van der Waals surface area contributed by atoms with Gasteiger partial charge in [-0.2, -0.15) is 5.10 Å². The average Bonchev–Trinajstić information content (AvgIpc) is 2.89. The summed E-state index contributed by atoms with van der Waals surface area (Å²) in [5, 5.41) is 8.99. The molecule has 0 aliphatic rings. The van der Waals surface area contributed by atoms with Crippen LogP contribution in [0.3, 0.4) is 0 Å². The monoisotopic (exact) mass is 263 g/mol. The van der Waals surface area contributed by atoms with E-state index in [1.165, 1.54) is 6.07 Å². The second-order valence-electron chi connectivity index (χ2n) is 3.90. The van der Waals surface area contributed by atoms with Gasteiger partial charge in [0.25, 0.3) is 0 Å². The lowest BCUT2D eigenvalue weighted by Crippen LogP contribution is -2.13. The van der Waals surface area contributed by atoms with Crippen molar-refractivity contribution in [2.75, 3.05) is 11.9 Å². The van der Waals surface area contributed by atoms with Crippen molar-refractivity contribution < 1.29 is 13.9 Å². The van der Waals surface area contributed by atoms with E-state index in [0.29, 0.717) is 18.7 Å². The van der Waals surface area contributed by atoms with Crippen LogP contribution in [0.15, 0.2) is 36.5 Å². The highest BCUT2D eigenvalue weighted by molar-refractivity contribution is 5.89. The zero-order valence-electron chi connectivity index (χ0n) is 10.2. The van der Waals surface area contributed by atoms with Gasteiger partial charge in [-0.15, -0.1) is 0 Å². The van der Waals surface area contributed by atoms with Gasteiger partial charge in [-0.3, -0.25) is 9.89 Å². The van der Waals surface area contributed by atoms with E-state index >= 15 is 0 Å². The van der Waals surface area contributed by atoms with E-state index in [-0.39, 0.29) is 18.3 Å². The topological polar surface area (TPSA) is 67.0 Å². The van der Waals surface area contributed by atoms with Crippen molar-refractivity contribution in [2.24, 2.45) is 0 Å². The van der Waals surface area contributed by atoms with Gasteiger partial charge in [0.15, 0.2) is 11.6 Å². The predicted octanol–water partition coefficient (Wildman–Crippen LogP) is 2.35. The molecule has 2 N–H and O–H groups in total. The largest absolute Gasteiger partial charge is 0.491 e. The average molecular weight is 263 g/mol. The van der Waals surface area contributed by atoms with Gasteiger partial charge in [-0.1, -0.05) is 12.1 Å². The third-order valence-electron chi connectivity index (χ3n) is 2.42. The number of amides is 1. The fourth-order valence-electron chi connectivity index (χ4n) is 1.51. The van der Waals surface area contributed by atoms with Gasteiger partial charge < -0.3 is 10.1 Å². The number of benzene rings is 1. The minimum absolute atomic E-state index is 0.138. The van der Waals surface area contributed by atoms with Crippen molar-refractivity contribution >= 4 is 11.7 Å². The molecule has 0 aliphatic carbocycles. The van der Waals surface area contributed by atoms with Crippen molar-refractivity contribution in [3.63, 3.8) is 0 Å². The van der Waals surface area contributed by atoms with Crippen LogP contribution in [0.2, 0.25) is 0 Å². The molecular weight excluding hydrogens is 249 g/mol. The Morgan fingerprint density at radius 2 is 2.21 bits per heavy atom. The quantitative estimate of drug-likeness (QED) is 0.786. The van der Waals surface area contributed by atoms with E-state index in [9.17, 15) is 9.18 Å². The number of rotatable bonds is 6. The second-order valence-corrected chi connectivity index (χ2v) is 3.90. The standard InChI is InChI=1S/C13H14FN3O2/c14-10-4-1-2-5-11(10)19-9-3-6-13(18)16-12-7-8-15-17-12/h1-2,4-5,7-8H,3,6,9H2,(H2,15,16,17,18). The maximum atomic E-state index is 13.2. The Morgan fingerprint density at radius 3 is 2.95 bits per heavy atom. The Labute approximate surface area is 109 Å². The minimum Gasteiger partial charge on any atom is -0.491 e.